The van der Waals surface area contributed by atoms with Crippen LogP contribution in [0.5, 0.6) is 0 Å². The molecule has 3 saturated carbocycles. The van der Waals surface area contributed by atoms with Gasteiger partial charge in [-0.2, -0.15) is 0 Å². The van der Waals surface area contributed by atoms with Gasteiger partial charge in [-0.3, -0.25) is 9.59 Å². The SMILES string of the molecule is CC(=O)O[C@H]1CC[C@@]2(C)C(=CC[C@H]3[C@H]2CC[C@@]2(C)[C@H]3C[C@H](N=C=S)[C@@H]2C(C)=O)C1. The second-order valence-corrected chi connectivity index (χ2v) is 10.6. The molecule has 5 heteroatoms. The van der Waals surface area contributed by atoms with Crippen molar-refractivity contribution in [3.8, 4) is 0 Å². The molecule has 4 aliphatic carbocycles. The standard InChI is InChI=1S/C24H33NO3S/c1-14(26)22-21(25-13-29)12-20-18-6-5-16-11-17(28-15(2)27)7-9-23(16,3)19(18)8-10-24(20,22)4/h5,17-22H,6-12H2,1-4H3/t17-,18-,19+,20-,21-,22-,23-,24-/m0/s1. The van der Waals surface area contributed by atoms with E-state index < -0.39 is 0 Å². The van der Waals surface area contributed by atoms with Crippen LogP contribution in [0, 0.1) is 34.5 Å². The number of carbonyl (C=O) groups excluding carboxylic acids is 2. The van der Waals surface area contributed by atoms with Crippen LogP contribution in [-0.4, -0.2) is 29.1 Å². The average Bonchev–Trinajstić information content (AvgIpc) is 2.94. The van der Waals surface area contributed by atoms with Gasteiger partial charge in [0.25, 0.3) is 0 Å². The first-order valence-corrected chi connectivity index (χ1v) is 11.6. The lowest BCUT2D eigenvalue weighted by atomic mass is 9.47. The molecule has 4 aliphatic rings. The monoisotopic (exact) mass is 415 g/mol. The molecule has 0 amide bonds. The Kier molecular flexibility index (Phi) is 5.36. The van der Waals surface area contributed by atoms with Crippen LogP contribution in [0.25, 0.3) is 0 Å². The van der Waals surface area contributed by atoms with Gasteiger partial charge in [0.05, 0.1) is 11.2 Å². The fraction of sp³-hybridized carbons (Fsp3) is 0.792. The molecule has 0 radical (unpaired) electrons. The highest BCUT2D eigenvalue weighted by Gasteiger charge is 2.62. The summed E-state index contributed by atoms with van der Waals surface area (Å²) in [6.45, 7) is 8.00. The molecule has 0 bridgehead atoms. The number of isothiocyanates is 1. The van der Waals surface area contributed by atoms with E-state index in [2.05, 4.69) is 30.1 Å². The fourth-order valence-corrected chi connectivity index (χ4v) is 8.04. The van der Waals surface area contributed by atoms with Crippen molar-refractivity contribution in [2.45, 2.75) is 84.8 Å². The lowest BCUT2D eigenvalue weighted by molar-refractivity contribution is -0.149. The highest BCUT2D eigenvalue weighted by atomic mass is 32.1. The van der Waals surface area contributed by atoms with Gasteiger partial charge in [0.15, 0.2) is 0 Å². The minimum absolute atomic E-state index is 0.00312. The predicted octanol–water partition coefficient (Wildman–Crippen LogP) is 5.17. The molecule has 4 rings (SSSR count). The number of hydrogen-bond acceptors (Lipinski definition) is 5. The summed E-state index contributed by atoms with van der Waals surface area (Å²) < 4.78 is 5.54. The number of nitrogens with zero attached hydrogens (tertiary/aromatic N) is 1. The molecule has 0 unspecified atom stereocenters. The summed E-state index contributed by atoms with van der Waals surface area (Å²) in [6.07, 6.45) is 9.68. The Bertz CT molecular complexity index is 800. The van der Waals surface area contributed by atoms with Gasteiger partial charge < -0.3 is 4.74 Å². The number of fused-ring (bicyclic) bond motifs is 5. The minimum atomic E-state index is -0.173. The summed E-state index contributed by atoms with van der Waals surface area (Å²) in [6, 6.07) is -0.00312. The van der Waals surface area contributed by atoms with E-state index in [1.165, 1.54) is 18.9 Å². The average molecular weight is 416 g/mol. The Hall–Kier alpha value is -1.32. The number of carbonyl (C=O) groups is 2. The van der Waals surface area contributed by atoms with Crippen LogP contribution >= 0.6 is 12.2 Å². The number of ketones is 1. The number of rotatable bonds is 3. The van der Waals surface area contributed by atoms with Crippen LogP contribution in [0.2, 0.25) is 0 Å². The van der Waals surface area contributed by atoms with E-state index in [0.717, 1.165) is 38.5 Å². The maximum absolute atomic E-state index is 12.6. The zero-order valence-electron chi connectivity index (χ0n) is 18.1. The normalized spacial score (nSPS) is 45.7. The highest BCUT2D eigenvalue weighted by Crippen LogP contribution is 2.66. The van der Waals surface area contributed by atoms with Gasteiger partial charge in [-0.25, -0.2) is 4.99 Å². The lowest BCUT2D eigenvalue weighted by Gasteiger charge is -2.57. The minimum Gasteiger partial charge on any atom is -0.462 e. The van der Waals surface area contributed by atoms with Crippen molar-refractivity contribution in [3.05, 3.63) is 11.6 Å². The summed E-state index contributed by atoms with van der Waals surface area (Å²) in [5.41, 5.74) is 1.71. The zero-order chi connectivity index (χ0) is 21.0. The summed E-state index contributed by atoms with van der Waals surface area (Å²) >= 11 is 4.91. The smallest absolute Gasteiger partial charge is 0.302 e. The summed E-state index contributed by atoms with van der Waals surface area (Å²) in [7, 11) is 0. The summed E-state index contributed by atoms with van der Waals surface area (Å²) in [5, 5.41) is 2.57. The first-order valence-electron chi connectivity index (χ1n) is 11.1. The molecule has 0 N–H and O–H groups in total. The van der Waals surface area contributed by atoms with Crippen molar-refractivity contribution in [2.75, 3.05) is 0 Å². The molecule has 0 spiro atoms. The maximum Gasteiger partial charge on any atom is 0.302 e. The number of esters is 1. The molecule has 0 aliphatic heterocycles. The molecule has 0 aromatic rings. The Morgan fingerprint density at radius 1 is 1.21 bits per heavy atom. The number of aliphatic imine (C=N–C) groups is 1. The first-order chi connectivity index (χ1) is 13.7. The van der Waals surface area contributed by atoms with Crippen LogP contribution in [0.3, 0.4) is 0 Å². The molecule has 0 heterocycles. The summed E-state index contributed by atoms with van der Waals surface area (Å²) in [5.74, 6) is 1.80. The van der Waals surface area contributed by atoms with Crippen molar-refractivity contribution in [3.63, 3.8) is 0 Å². The quantitative estimate of drug-likeness (QED) is 0.276. The molecular formula is C24H33NO3S. The van der Waals surface area contributed by atoms with Gasteiger partial charge in [0, 0.05) is 19.3 Å². The van der Waals surface area contributed by atoms with Gasteiger partial charge in [0.2, 0.25) is 0 Å². The molecule has 3 fully saturated rings. The summed E-state index contributed by atoms with van der Waals surface area (Å²) in [4.78, 5) is 28.5. The van der Waals surface area contributed by atoms with Crippen molar-refractivity contribution >= 4 is 29.1 Å². The van der Waals surface area contributed by atoms with Crippen molar-refractivity contribution in [1.29, 1.82) is 0 Å². The van der Waals surface area contributed by atoms with E-state index >= 15 is 0 Å². The van der Waals surface area contributed by atoms with Crippen molar-refractivity contribution in [1.82, 2.24) is 0 Å². The third-order valence-electron chi connectivity index (χ3n) is 9.08. The molecule has 0 saturated heterocycles. The lowest BCUT2D eigenvalue weighted by Crippen LogP contribution is -2.51. The Morgan fingerprint density at radius 3 is 2.62 bits per heavy atom. The maximum atomic E-state index is 12.6. The molecule has 158 valence electrons. The van der Waals surface area contributed by atoms with Crippen LogP contribution in [0.1, 0.15) is 72.6 Å². The second-order valence-electron chi connectivity index (χ2n) is 10.4. The van der Waals surface area contributed by atoms with Crippen molar-refractivity contribution in [2.24, 2.45) is 39.5 Å². The van der Waals surface area contributed by atoms with E-state index in [0.29, 0.717) is 17.8 Å². The van der Waals surface area contributed by atoms with Gasteiger partial charge >= 0.3 is 5.97 Å². The van der Waals surface area contributed by atoms with Crippen LogP contribution in [0.15, 0.2) is 16.6 Å². The van der Waals surface area contributed by atoms with E-state index in [1.54, 1.807) is 6.92 Å². The molecule has 8 atom stereocenters. The van der Waals surface area contributed by atoms with Crippen molar-refractivity contribution < 1.29 is 14.3 Å². The zero-order valence-corrected chi connectivity index (χ0v) is 18.9. The Balaban J connectivity index is 1.63. The van der Waals surface area contributed by atoms with Gasteiger partial charge in [-0.1, -0.05) is 25.5 Å². The number of ether oxygens (including phenoxy) is 1. The van der Waals surface area contributed by atoms with Gasteiger partial charge in [-0.05, 0) is 86.3 Å². The third-order valence-corrected chi connectivity index (χ3v) is 9.18. The van der Waals surface area contributed by atoms with Crippen LogP contribution in [0.4, 0.5) is 0 Å². The molecular weight excluding hydrogens is 382 g/mol. The van der Waals surface area contributed by atoms with Gasteiger partial charge in [-0.15, -0.1) is 0 Å². The number of hydrogen-bond donors (Lipinski definition) is 0. The third kappa shape index (κ3) is 3.25. The van der Waals surface area contributed by atoms with E-state index in [-0.39, 0.29) is 40.6 Å². The first kappa shape index (κ1) is 20.9. The second kappa shape index (κ2) is 7.42. The van der Waals surface area contributed by atoms with E-state index in [4.69, 9.17) is 17.0 Å². The number of Topliss-reactive ketones (excluding diaryl/α,β-unsaturated/α-hetero) is 1. The van der Waals surface area contributed by atoms with Gasteiger partial charge in [0.1, 0.15) is 11.9 Å². The number of thiocarbonyl (C=S) groups is 1. The topological polar surface area (TPSA) is 55.7 Å². The Morgan fingerprint density at radius 2 is 1.97 bits per heavy atom. The fourth-order valence-electron chi connectivity index (χ4n) is 7.91. The highest BCUT2D eigenvalue weighted by molar-refractivity contribution is 7.78. The molecule has 0 aromatic carbocycles. The predicted molar refractivity (Wildman–Crippen MR) is 116 cm³/mol. The molecule has 0 aromatic heterocycles. The largest absolute Gasteiger partial charge is 0.462 e. The van der Waals surface area contributed by atoms with E-state index in [9.17, 15) is 9.59 Å². The number of allylic oxidation sites excluding steroid dienone is 1. The molecule has 4 nitrogen and oxygen atoms in total. The molecule has 29 heavy (non-hydrogen) atoms. The van der Waals surface area contributed by atoms with E-state index in [1.807, 2.05) is 0 Å². The Labute approximate surface area is 179 Å². The van der Waals surface area contributed by atoms with Crippen LogP contribution in [-0.2, 0) is 14.3 Å². The van der Waals surface area contributed by atoms with Crippen LogP contribution < -0.4 is 0 Å².